The van der Waals surface area contributed by atoms with E-state index in [1.165, 1.54) is 0 Å². The van der Waals surface area contributed by atoms with Crippen molar-refractivity contribution in [3.05, 3.63) is 0 Å². The fourth-order valence-electron chi connectivity index (χ4n) is 2.39. The second-order valence-electron chi connectivity index (χ2n) is 4.84. The number of carbonyl (C=O) groups is 2. The Morgan fingerprint density at radius 1 is 1.47 bits per heavy atom. The minimum atomic E-state index is -0.0867. The summed E-state index contributed by atoms with van der Waals surface area (Å²) in [5.74, 6) is 1.08. The molecule has 0 aromatic carbocycles. The Balaban J connectivity index is 2.65. The van der Waals surface area contributed by atoms with E-state index in [0.717, 1.165) is 12.8 Å². The van der Waals surface area contributed by atoms with Crippen LogP contribution in [-0.2, 0) is 14.3 Å². The van der Waals surface area contributed by atoms with E-state index in [1.807, 2.05) is 0 Å². The predicted octanol–water partition coefficient (Wildman–Crippen LogP) is 2.05. The molecule has 1 aliphatic rings. The van der Waals surface area contributed by atoms with Gasteiger partial charge in [-0.25, -0.2) is 0 Å². The lowest BCUT2D eigenvalue weighted by Gasteiger charge is -2.34. The van der Waals surface area contributed by atoms with E-state index >= 15 is 0 Å². The molecule has 15 heavy (non-hydrogen) atoms. The average molecular weight is 212 g/mol. The molecule has 1 aliphatic carbocycles. The van der Waals surface area contributed by atoms with Gasteiger partial charge in [0.2, 0.25) is 0 Å². The van der Waals surface area contributed by atoms with Gasteiger partial charge in [-0.15, -0.1) is 0 Å². The Morgan fingerprint density at radius 2 is 2.13 bits per heavy atom. The smallest absolute Gasteiger partial charge is 0.293 e. The second-order valence-corrected chi connectivity index (χ2v) is 4.84. The average Bonchev–Trinajstić information content (AvgIpc) is 2.17. The van der Waals surface area contributed by atoms with Gasteiger partial charge >= 0.3 is 0 Å². The highest BCUT2D eigenvalue weighted by atomic mass is 16.5. The molecule has 0 spiro atoms. The fourth-order valence-corrected chi connectivity index (χ4v) is 2.39. The topological polar surface area (TPSA) is 43.4 Å². The molecule has 0 aromatic rings. The van der Waals surface area contributed by atoms with Crippen molar-refractivity contribution < 1.29 is 14.3 Å². The third-order valence-corrected chi connectivity index (χ3v) is 3.50. The maximum Gasteiger partial charge on any atom is 0.293 e. The van der Waals surface area contributed by atoms with Crippen molar-refractivity contribution in [2.45, 2.75) is 33.6 Å². The van der Waals surface area contributed by atoms with Crippen LogP contribution in [0, 0.1) is 23.7 Å². The lowest BCUT2D eigenvalue weighted by atomic mass is 9.70. The molecule has 0 heterocycles. The first kappa shape index (κ1) is 12.2. The lowest BCUT2D eigenvalue weighted by molar-refractivity contribution is -0.139. The molecule has 3 nitrogen and oxygen atoms in total. The molecule has 0 radical (unpaired) electrons. The standard InChI is InChI=1S/C12H20O3/c1-8(2)10-5-4-9(3)11(12(10)14)6-15-7-13/h7-11H,4-6H2,1-3H3/t9-,10-,11+/m0/s1. The van der Waals surface area contributed by atoms with Gasteiger partial charge in [-0.2, -0.15) is 0 Å². The van der Waals surface area contributed by atoms with E-state index in [0.29, 0.717) is 18.3 Å². The summed E-state index contributed by atoms with van der Waals surface area (Å²) in [6.07, 6.45) is 2.04. The zero-order chi connectivity index (χ0) is 11.4. The summed E-state index contributed by atoms with van der Waals surface area (Å²) in [5, 5.41) is 0. The number of hydrogen-bond donors (Lipinski definition) is 0. The number of hydrogen-bond acceptors (Lipinski definition) is 3. The highest BCUT2D eigenvalue weighted by Gasteiger charge is 2.37. The lowest BCUT2D eigenvalue weighted by Crippen LogP contribution is -2.38. The molecule has 0 aliphatic heterocycles. The van der Waals surface area contributed by atoms with E-state index in [4.69, 9.17) is 4.74 Å². The quantitative estimate of drug-likeness (QED) is 0.670. The van der Waals surface area contributed by atoms with Crippen LogP contribution in [-0.4, -0.2) is 18.9 Å². The van der Waals surface area contributed by atoms with Crippen molar-refractivity contribution in [1.82, 2.24) is 0 Å². The van der Waals surface area contributed by atoms with Crippen LogP contribution in [0.15, 0.2) is 0 Å². The molecular formula is C12H20O3. The summed E-state index contributed by atoms with van der Waals surface area (Å²) in [7, 11) is 0. The number of Topliss-reactive ketones (excluding diaryl/α,β-unsaturated/α-hetero) is 1. The minimum Gasteiger partial charge on any atom is -0.467 e. The molecule has 1 saturated carbocycles. The second kappa shape index (κ2) is 5.29. The van der Waals surface area contributed by atoms with Crippen LogP contribution in [0.4, 0.5) is 0 Å². The maximum absolute atomic E-state index is 12.1. The molecule has 86 valence electrons. The van der Waals surface area contributed by atoms with Crippen molar-refractivity contribution in [3.63, 3.8) is 0 Å². The normalized spacial score (nSPS) is 31.7. The number of ether oxygens (including phenoxy) is 1. The molecule has 3 heteroatoms. The van der Waals surface area contributed by atoms with E-state index < -0.39 is 0 Å². The Hall–Kier alpha value is -0.860. The Labute approximate surface area is 91.2 Å². The van der Waals surface area contributed by atoms with E-state index in [1.54, 1.807) is 0 Å². The first-order valence-electron chi connectivity index (χ1n) is 5.67. The van der Waals surface area contributed by atoms with E-state index in [2.05, 4.69) is 20.8 Å². The van der Waals surface area contributed by atoms with Gasteiger partial charge in [-0.3, -0.25) is 9.59 Å². The van der Waals surface area contributed by atoms with Crippen LogP contribution in [0.5, 0.6) is 0 Å². The highest BCUT2D eigenvalue weighted by Crippen LogP contribution is 2.34. The number of carbonyl (C=O) groups excluding carboxylic acids is 2. The van der Waals surface area contributed by atoms with E-state index in [9.17, 15) is 9.59 Å². The largest absolute Gasteiger partial charge is 0.467 e. The van der Waals surface area contributed by atoms with Crippen molar-refractivity contribution >= 4 is 12.3 Å². The molecule has 0 aromatic heterocycles. The summed E-state index contributed by atoms with van der Waals surface area (Å²) in [5.41, 5.74) is 0. The third kappa shape index (κ3) is 2.80. The Morgan fingerprint density at radius 3 is 2.67 bits per heavy atom. The van der Waals surface area contributed by atoms with Gasteiger partial charge in [0.1, 0.15) is 12.4 Å². The van der Waals surface area contributed by atoms with Crippen LogP contribution >= 0.6 is 0 Å². The van der Waals surface area contributed by atoms with Gasteiger partial charge in [0, 0.05) is 5.92 Å². The molecule has 1 fully saturated rings. The van der Waals surface area contributed by atoms with Gasteiger partial charge < -0.3 is 4.74 Å². The first-order valence-corrected chi connectivity index (χ1v) is 5.67. The molecule has 0 bridgehead atoms. The highest BCUT2D eigenvalue weighted by molar-refractivity contribution is 5.84. The van der Waals surface area contributed by atoms with Crippen LogP contribution < -0.4 is 0 Å². The van der Waals surface area contributed by atoms with Gasteiger partial charge in [0.15, 0.2) is 0 Å². The van der Waals surface area contributed by atoms with Crippen molar-refractivity contribution in [2.24, 2.45) is 23.7 Å². The van der Waals surface area contributed by atoms with Crippen LogP contribution in [0.3, 0.4) is 0 Å². The molecular weight excluding hydrogens is 192 g/mol. The molecule has 0 saturated heterocycles. The molecule has 0 N–H and O–H groups in total. The Kier molecular flexibility index (Phi) is 4.30. The zero-order valence-corrected chi connectivity index (χ0v) is 9.73. The predicted molar refractivity (Wildman–Crippen MR) is 57.2 cm³/mol. The molecule has 3 atom stereocenters. The SMILES string of the molecule is CC(C)[C@@H]1CC[C@H](C)[C@@H](COC=O)C1=O. The van der Waals surface area contributed by atoms with Crippen molar-refractivity contribution in [2.75, 3.05) is 6.61 Å². The summed E-state index contributed by atoms with van der Waals surface area (Å²) in [4.78, 5) is 22.2. The summed E-state index contributed by atoms with van der Waals surface area (Å²) < 4.78 is 4.74. The summed E-state index contributed by atoms with van der Waals surface area (Å²) in [6, 6.07) is 0. The monoisotopic (exact) mass is 212 g/mol. The third-order valence-electron chi connectivity index (χ3n) is 3.50. The van der Waals surface area contributed by atoms with Gasteiger partial charge in [0.05, 0.1) is 5.92 Å². The maximum atomic E-state index is 12.1. The summed E-state index contributed by atoms with van der Waals surface area (Å²) >= 11 is 0. The molecule has 1 rings (SSSR count). The van der Waals surface area contributed by atoms with Crippen LogP contribution in [0.2, 0.25) is 0 Å². The summed E-state index contributed by atoms with van der Waals surface area (Å²) in [6.45, 7) is 6.91. The fraction of sp³-hybridized carbons (Fsp3) is 0.833. The number of rotatable bonds is 4. The van der Waals surface area contributed by atoms with Crippen LogP contribution in [0.25, 0.3) is 0 Å². The molecule has 0 amide bonds. The number of ketones is 1. The van der Waals surface area contributed by atoms with Crippen molar-refractivity contribution in [3.8, 4) is 0 Å². The van der Waals surface area contributed by atoms with Crippen molar-refractivity contribution in [1.29, 1.82) is 0 Å². The first-order chi connectivity index (χ1) is 7.07. The van der Waals surface area contributed by atoms with Crippen LogP contribution in [0.1, 0.15) is 33.6 Å². The minimum absolute atomic E-state index is 0.0867. The van der Waals surface area contributed by atoms with Gasteiger partial charge in [-0.05, 0) is 24.7 Å². The van der Waals surface area contributed by atoms with Gasteiger partial charge in [-0.1, -0.05) is 20.8 Å². The zero-order valence-electron chi connectivity index (χ0n) is 9.73. The van der Waals surface area contributed by atoms with E-state index in [-0.39, 0.29) is 24.2 Å². The molecule has 0 unspecified atom stereocenters. The Bertz CT molecular complexity index is 235. The van der Waals surface area contributed by atoms with Gasteiger partial charge in [0.25, 0.3) is 6.47 Å².